The molecule has 2 heterocycles. The first kappa shape index (κ1) is 33.7. The molecule has 6 heteroatoms. The lowest BCUT2D eigenvalue weighted by Crippen LogP contribution is -2.27. The van der Waals surface area contributed by atoms with Gasteiger partial charge in [-0.05, 0) is 114 Å². The first-order chi connectivity index (χ1) is 22.7. The molecule has 0 unspecified atom stereocenters. The van der Waals surface area contributed by atoms with Gasteiger partial charge in [0.1, 0.15) is 17.2 Å². The van der Waals surface area contributed by atoms with E-state index in [1.807, 2.05) is 6.92 Å². The molecule has 2 aliphatic heterocycles. The summed E-state index contributed by atoms with van der Waals surface area (Å²) in [5.74, 6) is 0.434. The van der Waals surface area contributed by atoms with Crippen molar-refractivity contribution in [2.45, 2.75) is 90.9 Å². The minimum Gasteiger partial charge on any atom is -0.378 e. The third-order valence-electron chi connectivity index (χ3n) is 10.4. The second-order valence-corrected chi connectivity index (χ2v) is 16.0. The van der Waals surface area contributed by atoms with Crippen molar-refractivity contribution in [3.63, 3.8) is 0 Å². The Morgan fingerprint density at radius 3 is 2.10 bits per heavy atom. The number of anilines is 1. The lowest BCUT2D eigenvalue weighted by molar-refractivity contribution is -0.433. The summed E-state index contributed by atoms with van der Waals surface area (Å²) < 4.78 is 35.9. The third-order valence-corrected chi connectivity index (χ3v) is 11.6. The molecule has 250 valence electrons. The van der Waals surface area contributed by atoms with E-state index in [1.54, 1.807) is 24.3 Å². The van der Waals surface area contributed by atoms with Gasteiger partial charge in [-0.15, -0.1) is 0 Å². The van der Waals surface area contributed by atoms with Crippen LogP contribution < -0.4 is 4.90 Å². The highest BCUT2D eigenvalue weighted by atomic mass is 32.2. The predicted octanol–water partition coefficient (Wildman–Crippen LogP) is 9.65. The first-order valence-electron chi connectivity index (χ1n) is 17.2. The molecule has 0 N–H and O–H groups in total. The molecule has 0 saturated heterocycles. The van der Waals surface area contributed by atoms with E-state index in [1.165, 1.54) is 45.0 Å². The normalized spacial score (nSPS) is 20.1. The second kappa shape index (κ2) is 12.4. The Labute approximate surface area is 287 Å². The fraction of sp³-hybridized carbons (Fsp3) is 0.357. The number of rotatable bonds is 8. The van der Waals surface area contributed by atoms with Crippen LogP contribution in [0.4, 0.5) is 11.4 Å². The number of allylic oxidation sites excluding steroid dienone is 7. The van der Waals surface area contributed by atoms with Crippen molar-refractivity contribution in [1.82, 2.24) is 0 Å². The van der Waals surface area contributed by atoms with Crippen molar-refractivity contribution in [3.05, 3.63) is 135 Å². The molecule has 0 radical (unpaired) electrons. The Morgan fingerprint density at radius 1 is 0.792 bits per heavy atom. The van der Waals surface area contributed by atoms with Crippen LogP contribution in [0.1, 0.15) is 82.2 Å². The molecule has 3 aromatic carbocycles. The van der Waals surface area contributed by atoms with Gasteiger partial charge in [-0.2, -0.15) is 13.0 Å². The number of hydrogen-bond donors (Lipinski definition) is 0. The van der Waals surface area contributed by atoms with Crippen molar-refractivity contribution in [1.29, 1.82) is 0 Å². The molecule has 0 bridgehead atoms. The van der Waals surface area contributed by atoms with E-state index in [9.17, 15) is 8.42 Å². The van der Waals surface area contributed by atoms with E-state index < -0.39 is 10.1 Å². The first-order valence-corrected chi connectivity index (χ1v) is 18.6. The molecular weight excluding hydrogens is 613 g/mol. The number of fused-ring (bicyclic) bond motifs is 2. The van der Waals surface area contributed by atoms with Gasteiger partial charge in [0.15, 0.2) is 5.71 Å². The summed E-state index contributed by atoms with van der Waals surface area (Å²) in [4.78, 5) is 2.52. The average molecular weight is 662 g/mol. The number of hydrogen-bond acceptors (Lipinski definition) is 4. The second-order valence-electron chi connectivity index (χ2n) is 14.4. The van der Waals surface area contributed by atoms with E-state index in [0.29, 0.717) is 18.6 Å². The predicted molar refractivity (Wildman–Crippen MR) is 198 cm³/mol. The van der Waals surface area contributed by atoms with Crippen LogP contribution in [-0.2, 0) is 25.1 Å². The van der Waals surface area contributed by atoms with Crippen LogP contribution in [0.3, 0.4) is 0 Å². The van der Waals surface area contributed by atoms with Gasteiger partial charge in [0.05, 0.1) is 5.41 Å². The minimum absolute atomic E-state index is 0.155. The summed E-state index contributed by atoms with van der Waals surface area (Å²) in [6.07, 6.45) is 9.91. The summed E-state index contributed by atoms with van der Waals surface area (Å²) in [5.41, 5.74) is 12.3. The van der Waals surface area contributed by atoms with E-state index in [4.69, 9.17) is 4.18 Å². The highest BCUT2D eigenvalue weighted by molar-refractivity contribution is 7.86. The van der Waals surface area contributed by atoms with Crippen molar-refractivity contribution in [3.8, 4) is 0 Å². The Bertz CT molecular complexity index is 2060. The Morgan fingerprint density at radius 2 is 1.44 bits per heavy atom. The van der Waals surface area contributed by atoms with Gasteiger partial charge in [0.25, 0.3) is 0 Å². The third kappa shape index (κ3) is 5.78. The monoisotopic (exact) mass is 661 g/mol. The zero-order valence-electron chi connectivity index (χ0n) is 29.9. The van der Waals surface area contributed by atoms with Gasteiger partial charge in [-0.25, -0.2) is 0 Å². The molecule has 0 atom stereocenters. The minimum atomic E-state index is -4.06. The quantitative estimate of drug-likeness (QED) is 0.178. The molecule has 48 heavy (non-hydrogen) atoms. The van der Waals surface area contributed by atoms with Crippen LogP contribution in [0.15, 0.2) is 112 Å². The summed E-state index contributed by atoms with van der Waals surface area (Å²) in [6, 6.07) is 20.2. The van der Waals surface area contributed by atoms with Crippen LogP contribution in [0.5, 0.6) is 0 Å². The summed E-state index contributed by atoms with van der Waals surface area (Å²) in [6.45, 7) is 21.3. The molecule has 1 aliphatic carbocycles. The molecule has 3 aliphatic rings. The molecule has 6 rings (SSSR count). The van der Waals surface area contributed by atoms with Crippen molar-refractivity contribution >= 4 is 27.2 Å². The molecule has 0 spiro atoms. The van der Waals surface area contributed by atoms with Crippen LogP contribution in [-0.4, -0.2) is 31.8 Å². The van der Waals surface area contributed by atoms with Gasteiger partial charge in [-0.1, -0.05) is 66.9 Å². The van der Waals surface area contributed by atoms with Crippen molar-refractivity contribution < 1.29 is 17.2 Å². The fourth-order valence-electron chi connectivity index (χ4n) is 7.61. The molecule has 5 nitrogen and oxygen atoms in total. The number of aryl methyl sites for hydroxylation is 3. The Hall–Kier alpha value is -4.16. The maximum atomic E-state index is 13.7. The maximum absolute atomic E-state index is 13.7. The van der Waals surface area contributed by atoms with Gasteiger partial charge in [0.2, 0.25) is 5.69 Å². The van der Waals surface area contributed by atoms with E-state index in [-0.39, 0.29) is 15.7 Å². The van der Waals surface area contributed by atoms with Crippen molar-refractivity contribution in [2.24, 2.45) is 0 Å². The molecule has 3 aromatic rings. The summed E-state index contributed by atoms with van der Waals surface area (Å²) in [5, 5.41) is 0. The SMILES string of the molecule is CCN1/C(=C/C=C2\CCC(/C=C/C3=[N+](CC)c4ccc(C)cc4C3(C)C)=C2OS(=O)(=O)c2ccc(C)cc2)C(C)(C)c2cc(C)ccc21. The average Bonchev–Trinajstić information content (AvgIpc) is 3.58. The summed E-state index contributed by atoms with van der Waals surface area (Å²) in [7, 11) is -4.06. The van der Waals surface area contributed by atoms with Crippen molar-refractivity contribution in [2.75, 3.05) is 18.0 Å². The summed E-state index contributed by atoms with van der Waals surface area (Å²) >= 11 is 0. The molecule has 0 fully saturated rings. The van der Waals surface area contributed by atoms with Gasteiger partial charge in [0, 0.05) is 41.1 Å². The van der Waals surface area contributed by atoms with Crippen LogP contribution in [0.2, 0.25) is 0 Å². The zero-order valence-corrected chi connectivity index (χ0v) is 30.8. The number of benzene rings is 3. The fourth-order valence-corrected chi connectivity index (χ4v) is 8.61. The van der Waals surface area contributed by atoms with E-state index >= 15 is 0 Å². The largest absolute Gasteiger partial charge is 0.378 e. The van der Waals surface area contributed by atoms with E-state index in [2.05, 4.69) is 126 Å². The standard InChI is InChI=1S/C42H49N2O3S/c1-10-43-36-22-14-29(4)26-34(36)41(6,7)38(43)24-18-31-16-17-32(40(31)47-48(45,46)33-20-12-28(3)13-21-33)19-25-39-42(8,9)35-27-30(5)15-23-37(35)44(39)11-2/h12-15,18-27H,10-11,16-17H2,1-9H3/q+1. The highest BCUT2D eigenvalue weighted by Gasteiger charge is 2.44. The van der Waals surface area contributed by atoms with Crippen LogP contribution in [0.25, 0.3) is 0 Å². The Balaban J connectivity index is 1.44. The lowest BCUT2D eigenvalue weighted by atomic mass is 9.80. The highest BCUT2D eigenvalue weighted by Crippen LogP contribution is 2.48. The number of likely N-dealkylation sites (N-methyl/N-ethyl adjacent to an activating group) is 1. The van der Waals surface area contributed by atoms with Crippen LogP contribution in [0, 0.1) is 20.8 Å². The molecule has 0 saturated carbocycles. The molecular formula is C42H49N2O3S+. The Kier molecular flexibility index (Phi) is 8.70. The topological polar surface area (TPSA) is 49.6 Å². The zero-order chi connectivity index (χ0) is 34.6. The number of nitrogens with zero attached hydrogens (tertiary/aromatic N) is 2. The van der Waals surface area contributed by atoms with E-state index in [0.717, 1.165) is 29.8 Å². The lowest BCUT2D eigenvalue weighted by Gasteiger charge is -2.26. The molecule has 0 aromatic heterocycles. The van der Waals surface area contributed by atoms with Gasteiger partial charge < -0.3 is 9.08 Å². The van der Waals surface area contributed by atoms with Gasteiger partial charge in [-0.3, -0.25) is 0 Å². The molecule has 0 amide bonds. The maximum Gasteiger partial charge on any atom is 0.339 e. The smallest absolute Gasteiger partial charge is 0.339 e. The van der Waals surface area contributed by atoms with Crippen LogP contribution >= 0.6 is 0 Å². The van der Waals surface area contributed by atoms with Gasteiger partial charge >= 0.3 is 10.1 Å².